The van der Waals surface area contributed by atoms with Gasteiger partial charge in [0.2, 0.25) is 0 Å². The van der Waals surface area contributed by atoms with E-state index >= 15 is 0 Å². The maximum atomic E-state index is 5.86. The van der Waals surface area contributed by atoms with E-state index in [0.29, 0.717) is 32.3 Å². The molecule has 180 valence electrons. The van der Waals surface area contributed by atoms with Gasteiger partial charge in [-0.15, -0.1) is 0 Å². The quantitative estimate of drug-likeness (QED) is 0.370. The minimum absolute atomic E-state index is 0.0489. The molecule has 0 N–H and O–H groups in total. The summed E-state index contributed by atoms with van der Waals surface area (Å²) >= 11 is 0. The van der Waals surface area contributed by atoms with Crippen LogP contribution in [-0.4, -0.2) is 64.1 Å². The van der Waals surface area contributed by atoms with Crippen LogP contribution in [0.1, 0.15) is 37.8 Å². The van der Waals surface area contributed by atoms with Crippen LogP contribution in [0.3, 0.4) is 0 Å². The van der Waals surface area contributed by atoms with Gasteiger partial charge in [0.1, 0.15) is 36.9 Å². The largest absolute Gasteiger partial charge is 0.491 e. The first-order valence-corrected chi connectivity index (χ1v) is 12.0. The number of benzene rings is 2. The van der Waals surface area contributed by atoms with Gasteiger partial charge in [-0.05, 0) is 61.6 Å². The van der Waals surface area contributed by atoms with Crippen molar-refractivity contribution in [3.8, 4) is 11.5 Å². The summed E-state index contributed by atoms with van der Waals surface area (Å²) in [7, 11) is 0. The van der Waals surface area contributed by atoms with E-state index in [4.69, 9.17) is 28.4 Å². The summed E-state index contributed by atoms with van der Waals surface area (Å²) in [6.07, 6.45) is 1.64. The average Bonchev–Trinajstić information content (AvgIpc) is 3.75. The lowest BCUT2D eigenvalue weighted by atomic mass is 9.94. The first-order valence-electron chi connectivity index (χ1n) is 12.0. The lowest BCUT2D eigenvalue weighted by Gasteiger charge is -2.16. The van der Waals surface area contributed by atoms with Gasteiger partial charge in [-0.3, -0.25) is 0 Å². The van der Waals surface area contributed by atoms with E-state index in [9.17, 15) is 0 Å². The third kappa shape index (κ3) is 8.63. The second-order valence-corrected chi connectivity index (χ2v) is 9.14. The van der Waals surface area contributed by atoms with E-state index in [0.717, 1.165) is 31.1 Å². The molecule has 4 rings (SSSR count). The Labute approximate surface area is 197 Å². The van der Waals surface area contributed by atoms with Crippen molar-refractivity contribution in [3.63, 3.8) is 0 Å². The normalized spacial score (nSPS) is 21.8. The minimum atomic E-state index is 0.0489. The summed E-state index contributed by atoms with van der Waals surface area (Å²) in [6, 6.07) is 16.7. The predicted molar refractivity (Wildman–Crippen MR) is 126 cm³/mol. The Morgan fingerprint density at radius 3 is 1.64 bits per heavy atom. The van der Waals surface area contributed by atoms with Gasteiger partial charge in [0.15, 0.2) is 0 Å². The molecule has 6 heteroatoms. The molecule has 2 heterocycles. The Balaban J connectivity index is 1.16. The summed E-state index contributed by atoms with van der Waals surface area (Å²) in [5.41, 5.74) is 2.58. The Bertz CT molecular complexity index is 829. The molecule has 0 amide bonds. The SMILES string of the molecule is CC(COc1ccc(CC(C)c2ccc(OCC(C)OCC3CO3)cc2)cc1)OCC1CO1. The number of rotatable bonds is 15. The summed E-state index contributed by atoms with van der Waals surface area (Å²) in [4.78, 5) is 0. The van der Waals surface area contributed by atoms with Crippen LogP contribution >= 0.6 is 0 Å². The van der Waals surface area contributed by atoms with Crippen molar-refractivity contribution < 1.29 is 28.4 Å². The fraction of sp³-hybridized carbons (Fsp3) is 0.556. The summed E-state index contributed by atoms with van der Waals surface area (Å²) < 4.78 is 33.4. The van der Waals surface area contributed by atoms with Gasteiger partial charge in [-0.25, -0.2) is 0 Å². The Morgan fingerprint density at radius 1 is 0.727 bits per heavy atom. The molecule has 0 radical (unpaired) electrons. The molecule has 2 fully saturated rings. The summed E-state index contributed by atoms with van der Waals surface area (Å²) in [5, 5.41) is 0. The molecule has 33 heavy (non-hydrogen) atoms. The van der Waals surface area contributed by atoms with E-state index in [1.54, 1.807) is 0 Å². The number of ether oxygens (including phenoxy) is 6. The molecule has 5 unspecified atom stereocenters. The molecule has 2 aliphatic rings. The van der Waals surface area contributed by atoms with Crippen molar-refractivity contribution in [1.82, 2.24) is 0 Å². The van der Waals surface area contributed by atoms with E-state index in [1.807, 2.05) is 38.1 Å². The number of epoxide rings is 2. The lowest BCUT2D eigenvalue weighted by Crippen LogP contribution is -2.20. The van der Waals surface area contributed by atoms with Gasteiger partial charge >= 0.3 is 0 Å². The molecule has 2 aromatic rings. The zero-order valence-electron chi connectivity index (χ0n) is 19.9. The zero-order chi connectivity index (χ0) is 23.0. The van der Waals surface area contributed by atoms with Crippen LogP contribution < -0.4 is 9.47 Å². The highest BCUT2D eigenvalue weighted by molar-refractivity contribution is 5.32. The molecular weight excluding hydrogens is 420 g/mol. The molecule has 0 bridgehead atoms. The van der Waals surface area contributed by atoms with Crippen molar-refractivity contribution in [2.45, 2.75) is 57.5 Å². The van der Waals surface area contributed by atoms with Crippen LogP contribution in [-0.2, 0) is 25.4 Å². The minimum Gasteiger partial charge on any atom is -0.491 e. The van der Waals surface area contributed by atoms with E-state index in [1.165, 1.54) is 11.1 Å². The second kappa shape index (κ2) is 11.8. The molecule has 6 nitrogen and oxygen atoms in total. The van der Waals surface area contributed by atoms with Gasteiger partial charge in [0, 0.05) is 0 Å². The molecule has 0 saturated carbocycles. The molecule has 0 aliphatic carbocycles. The van der Waals surface area contributed by atoms with Crippen LogP contribution in [0, 0.1) is 0 Å². The number of hydrogen-bond donors (Lipinski definition) is 0. The zero-order valence-corrected chi connectivity index (χ0v) is 19.9. The predicted octanol–water partition coefficient (Wildman–Crippen LogP) is 4.40. The van der Waals surface area contributed by atoms with Gasteiger partial charge in [-0.1, -0.05) is 31.2 Å². The average molecular weight is 457 g/mol. The third-order valence-corrected chi connectivity index (χ3v) is 5.82. The lowest BCUT2D eigenvalue weighted by molar-refractivity contribution is 0.0241. The van der Waals surface area contributed by atoms with E-state index in [2.05, 4.69) is 31.2 Å². The topological polar surface area (TPSA) is 62.0 Å². The monoisotopic (exact) mass is 456 g/mol. The fourth-order valence-electron chi connectivity index (χ4n) is 3.48. The standard InChI is InChI=1S/C27H36O6/c1-19(23-6-10-25(11-7-23)31-14-21(3)29-16-27-18-33-27)12-22-4-8-24(9-5-22)30-13-20(2)28-15-26-17-32-26/h4-11,19-21,26-27H,12-18H2,1-3H3. The van der Waals surface area contributed by atoms with Crippen LogP contribution in [0.2, 0.25) is 0 Å². The van der Waals surface area contributed by atoms with Crippen LogP contribution in [0.25, 0.3) is 0 Å². The third-order valence-electron chi connectivity index (χ3n) is 5.82. The maximum absolute atomic E-state index is 5.86. The van der Waals surface area contributed by atoms with Gasteiger partial charge < -0.3 is 28.4 Å². The summed E-state index contributed by atoms with van der Waals surface area (Å²) in [5.74, 6) is 2.15. The molecule has 0 aromatic heterocycles. The highest BCUT2D eigenvalue weighted by Crippen LogP contribution is 2.24. The first-order chi connectivity index (χ1) is 16.0. The smallest absolute Gasteiger partial charge is 0.119 e. The van der Waals surface area contributed by atoms with E-state index < -0.39 is 0 Å². The van der Waals surface area contributed by atoms with Crippen molar-refractivity contribution in [2.75, 3.05) is 39.6 Å². The van der Waals surface area contributed by atoms with Crippen LogP contribution in [0.15, 0.2) is 48.5 Å². The van der Waals surface area contributed by atoms with Crippen LogP contribution in [0.4, 0.5) is 0 Å². The Morgan fingerprint density at radius 2 is 1.18 bits per heavy atom. The van der Waals surface area contributed by atoms with Gasteiger partial charge in [-0.2, -0.15) is 0 Å². The van der Waals surface area contributed by atoms with Crippen molar-refractivity contribution in [2.24, 2.45) is 0 Å². The molecule has 2 aromatic carbocycles. The Hall–Kier alpha value is -2.12. The highest BCUT2D eigenvalue weighted by Gasteiger charge is 2.24. The maximum Gasteiger partial charge on any atom is 0.119 e. The second-order valence-electron chi connectivity index (χ2n) is 9.14. The van der Waals surface area contributed by atoms with Crippen LogP contribution in [0.5, 0.6) is 11.5 Å². The fourth-order valence-corrected chi connectivity index (χ4v) is 3.48. The van der Waals surface area contributed by atoms with Gasteiger partial charge in [0.25, 0.3) is 0 Å². The molecule has 2 aliphatic heterocycles. The summed E-state index contributed by atoms with van der Waals surface area (Å²) in [6.45, 7) is 10.3. The highest BCUT2D eigenvalue weighted by atomic mass is 16.6. The molecule has 0 spiro atoms. The molecule has 5 atom stereocenters. The first kappa shape index (κ1) is 24.0. The van der Waals surface area contributed by atoms with Crippen molar-refractivity contribution >= 4 is 0 Å². The van der Waals surface area contributed by atoms with Crippen molar-refractivity contribution in [3.05, 3.63) is 59.7 Å². The van der Waals surface area contributed by atoms with Crippen molar-refractivity contribution in [1.29, 1.82) is 0 Å². The Kier molecular flexibility index (Phi) is 8.62. The number of hydrogen-bond acceptors (Lipinski definition) is 6. The van der Waals surface area contributed by atoms with Gasteiger partial charge in [0.05, 0.1) is 38.6 Å². The van der Waals surface area contributed by atoms with E-state index in [-0.39, 0.29) is 24.4 Å². The molecule has 2 saturated heterocycles. The molecular formula is C27H36O6.